The van der Waals surface area contributed by atoms with Gasteiger partial charge in [-0.25, -0.2) is 0 Å². The number of rotatable bonds is 8. The van der Waals surface area contributed by atoms with Crippen LogP contribution < -0.4 is 5.32 Å². The number of hydrogen-bond acceptors (Lipinski definition) is 3. The van der Waals surface area contributed by atoms with Crippen molar-refractivity contribution in [3.63, 3.8) is 0 Å². The largest absolute Gasteiger partial charge is 0.394 e. The van der Waals surface area contributed by atoms with Gasteiger partial charge in [0.05, 0.1) is 6.61 Å². The fourth-order valence-corrected chi connectivity index (χ4v) is 3.09. The SMILES string of the molecule is CCCNC(C)(CO)CC(C)N(C)C1CCCC1. The normalized spacial score (nSPS) is 22.3. The predicted molar refractivity (Wildman–Crippen MR) is 77.9 cm³/mol. The van der Waals surface area contributed by atoms with E-state index in [4.69, 9.17) is 0 Å². The first-order chi connectivity index (χ1) is 8.52. The van der Waals surface area contributed by atoms with E-state index in [9.17, 15) is 5.11 Å². The molecule has 3 heteroatoms. The molecule has 18 heavy (non-hydrogen) atoms. The third kappa shape index (κ3) is 4.52. The Bertz CT molecular complexity index is 229. The second kappa shape index (κ2) is 7.46. The van der Waals surface area contributed by atoms with Crippen molar-refractivity contribution >= 4 is 0 Å². The summed E-state index contributed by atoms with van der Waals surface area (Å²) in [7, 11) is 2.25. The smallest absolute Gasteiger partial charge is 0.0611 e. The van der Waals surface area contributed by atoms with E-state index < -0.39 is 0 Å². The van der Waals surface area contributed by atoms with Crippen molar-refractivity contribution in [1.29, 1.82) is 0 Å². The molecule has 1 rings (SSSR count). The summed E-state index contributed by atoms with van der Waals surface area (Å²) in [4.78, 5) is 2.52. The number of nitrogens with zero attached hydrogens (tertiary/aromatic N) is 1. The second-order valence-electron chi connectivity index (χ2n) is 6.30. The summed E-state index contributed by atoms with van der Waals surface area (Å²) in [6.07, 6.45) is 7.58. The summed E-state index contributed by atoms with van der Waals surface area (Å²) in [5, 5.41) is 13.1. The van der Waals surface area contributed by atoms with Gasteiger partial charge in [-0.15, -0.1) is 0 Å². The maximum absolute atomic E-state index is 9.63. The average Bonchev–Trinajstić information content (AvgIpc) is 2.89. The van der Waals surface area contributed by atoms with Crippen molar-refractivity contribution in [1.82, 2.24) is 10.2 Å². The van der Waals surface area contributed by atoms with Gasteiger partial charge in [0, 0.05) is 17.6 Å². The molecule has 2 unspecified atom stereocenters. The molecule has 0 aromatic heterocycles. The third-order valence-corrected chi connectivity index (χ3v) is 4.49. The third-order valence-electron chi connectivity index (χ3n) is 4.49. The highest BCUT2D eigenvalue weighted by molar-refractivity contribution is 4.88. The van der Waals surface area contributed by atoms with Crippen LogP contribution in [0.25, 0.3) is 0 Å². The molecule has 3 nitrogen and oxygen atoms in total. The van der Waals surface area contributed by atoms with Crippen LogP contribution in [0.3, 0.4) is 0 Å². The van der Waals surface area contributed by atoms with E-state index in [1.165, 1.54) is 25.7 Å². The topological polar surface area (TPSA) is 35.5 Å². The lowest BCUT2D eigenvalue weighted by molar-refractivity contribution is 0.107. The lowest BCUT2D eigenvalue weighted by atomic mass is 9.93. The molecule has 0 aliphatic heterocycles. The lowest BCUT2D eigenvalue weighted by Gasteiger charge is -2.37. The first-order valence-electron chi connectivity index (χ1n) is 7.60. The fourth-order valence-electron chi connectivity index (χ4n) is 3.09. The van der Waals surface area contributed by atoms with Crippen molar-refractivity contribution in [3.8, 4) is 0 Å². The average molecular weight is 256 g/mol. The monoisotopic (exact) mass is 256 g/mol. The lowest BCUT2D eigenvalue weighted by Crippen LogP contribution is -2.51. The Kier molecular flexibility index (Phi) is 6.61. The zero-order valence-corrected chi connectivity index (χ0v) is 12.7. The van der Waals surface area contributed by atoms with Crippen molar-refractivity contribution in [2.24, 2.45) is 0 Å². The maximum atomic E-state index is 9.63. The Labute approximate surface area is 113 Å². The molecule has 2 atom stereocenters. The van der Waals surface area contributed by atoms with Gasteiger partial charge in [-0.05, 0) is 53.1 Å². The van der Waals surface area contributed by atoms with E-state index in [1.54, 1.807) is 0 Å². The van der Waals surface area contributed by atoms with Crippen LogP contribution in [0, 0.1) is 0 Å². The molecule has 108 valence electrons. The molecule has 0 saturated heterocycles. The molecule has 0 aromatic rings. The van der Waals surface area contributed by atoms with E-state index in [1.807, 2.05) is 0 Å². The number of aliphatic hydroxyl groups excluding tert-OH is 1. The van der Waals surface area contributed by atoms with E-state index in [0.717, 1.165) is 25.4 Å². The molecule has 0 radical (unpaired) electrons. The molecule has 1 aliphatic carbocycles. The van der Waals surface area contributed by atoms with Gasteiger partial charge in [0.2, 0.25) is 0 Å². The van der Waals surface area contributed by atoms with Crippen molar-refractivity contribution in [3.05, 3.63) is 0 Å². The zero-order valence-electron chi connectivity index (χ0n) is 12.7. The molecule has 0 heterocycles. The fraction of sp³-hybridized carbons (Fsp3) is 1.00. The predicted octanol–water partition coefficient (Wildman–Crippen LogP) is 2.39. The van der Waals surface area contributed by atoms with Gasteiger partial charge >= 0.3 is 0 Å². The summed E-state index contributed by atoms with van der Waals surface area (Å²) >= 11 is 0. The Balaban J connectivity index is 2.46. The summed E-state index contributed by atoms with van der Waals surface area (Å²) in [5.74, 6) is 0. The van der Waals surface area contributed by atoms with Gasteiger partial charge in [-0.2, -0.15) is 0 Å². The standard InChI is InChI=1S/C15H32N2O/c1-5-10-16-15(3,12-18)11-13(2)17(4)14-8-6-7-9-14/h13-14,16,18H,5-12H2,1-4H3. The summed E-state index contributed by atoms with van der Waals surface area (Å²) in [5.41, 5.74) is -0.137. The minimum Gasteiger partial charge on any atom is -0.394 e. The summed E-state index contributed by atoms with van der Waals surface area (Å²) < 4.78 is 0. The van der Waals surface area contributed by atoms with Crippen LogP contribution in [0.1, 0.15) is 59.3 Å². The number of aliphatic hydroxyl groups is 1. The molecule has 1 aliphatic rings. The van der Waals surface area contributed by atoms with Gasteiger partial charge in [-0.1, -0.05) is 19.8 Å². The quantitative estimate of drug-likeness (QED) is 0.700. The van der Waals surface area contributed by atoms with Gasteiger partial charge in [0.25, 0.3) is 0 Å². The van der Waals surface area contributed by atoms with Gasteiger partial charge in [0.1, 0.15) is 0 Å². The molecule has 2 N–H and O–H groups in total. The minimum absolute atomic E-state index is 0.137. The highest BCUT2D eigenvalue weighted by Crippen LogP contribution is 2.26. The number of nitrogens with one attached hydrogen (secondary N) is 1. The van der Waals surface area contributed by atoms with Crippen molar-refractivity contribution in [2.75, 3.05) is 20.2 Å². The van der Waals surface area contributed by atoms with E-state index in [0.29, 0.717) is 6.04 Å². The van der Waals surface area contributed by atoms with Gasteiger partial charge in [-0.3, -0.25) is 0 Å². The van der Waals surface area contributed by atoms with Crippen molar-refractivity contribution < 1.29 is 5.11 Å². The second-order valence-corrected chi connectivity index (χ2v) is 6.30. The molecule has 1 fully saturated rings. The highest BCUT2D eigenvalue weighted by Gasteiger charge is 2.30. The Morgan fingerprint density at radius 3 is 2.50 bits per heavy atom. The Morgan fingerprint density at radius 2 is 2.00 bits per heavy atom. The van der Waals surface area contributed by atoms with E-state index in [2.05, 4.69) is 38.0 Å². The van der Waals surface area contributed by atoms with Crippen LogP contribution in [0.4, 0.5) is 0 Å². The van der Waals surface area contributed by atoms with Crippen LogP contribution in [0.5, 0.6) is 0 Å². The molecule has 0 amide bonds. The molecular formula is C15H32N2O. The molecule has 1 saturated carbocycles. The first-order valence-corrected chi connectivity index (χ1v) is 7.60. The van der Waals surface area contributed by atoms with Gasteiger partial charge in [0.15, 0.2) is 0 Å². The van der Waals surface area contributed by atoms with Crippen LogP contribution in [0.2, 0.25) is 0 Å². The Morgan fingerprint density at radius 1 is 1.39 bits per heavy atom. The molecule has 0 bridgehead atoms. The Hall–Kier alpha value is -0.120. The number of hydrogen-bond donors (Lipinski definition) is 2. The van der Waals surface area contributed by atoms with Gasteiger partial charge < -0.3 is 15.3 Å². The van der Waals surface area contributed by atoms with E-state index in [-0.39, 0.29) is 12.1 Å². The van der Waals surface area contributed by atoms with Crippen LogP contribution >= 0.6 is 0 Å². The van der Waals surface area contributed by atoms with Crippen LogP contribution in [-0.2, 0) is 0 Å². The summed E-state index contributed by atoms with van der Waals surface area (Å²) in [6.45, 7) is 7.80. The van der Waals surface area contributed by atoms with Crippen LogP contribution in [-0.4, -0.2) is 47.8 Å². The van der Waals surface area contributed by atoms with E-state index >= 15 is 0 Å². The van der Waals surface area contributed by atoms with Crippen molar-refractivity contribution in [2.45, 2.75) is 76.9 Å². The molecule has 0 aromatic carbocycles. The highest BCUT2D eigenvalue weighted by atomic mass is 16.3. The molecule has 0 spiro atoms. The first kappa shape index (κ1) is 15.9. The minimum atomic E-state index is -0.137. The summed E-state index contributed by atoms with van der Waals surface area (Å²) in [6, 6.07) is 1.28. The van der Waals surface area contributed by atoms with Crippen LogP contribution in [0.15, 0.2) is 0 Å². The molecular weight excluding hydrogens is 224 g/mol. The maximum Gasteiger partial charge on any atom is 0.0611 e. The zero-order chi connectivity index (χ0) is 13.6.